The van der Waals surface area contributed by atoms with Crippen molar-refractivity contribution in [1.82, 2.24) is 10.0 Å². The van der Waals surface area contributed by atoms with Gasteiger partial charge < -0.3 is 20.4 Å². The van der Waals surface area contributed by atoms with Gasteiger partial charge in [0.2, 0.25) is 10.0 Å². The summed E-state index contributed by atoms with van der Waals surface area (Å²) in [5.41, 5.74) is 0.598. The Labute approximate surface area is 188 Å². The van der Waals surface area contributed by atoms with Crippen LogP contribution in [-0.2, 0) is 10.0 Å². The summed E-state index contributed by atoms with van der Waals surface area (Å²) in [6, 6.07) is 13.5. The first kappa shape index (κ1) is 23.4. The Morgan fingerprint density at radius 1 is 0.939 bits per heavy atom. The van der Waals surface area contributed by atoms with Crippen LogP contribution >= 0.6 is 0 Å². The molecule has 0 aliphatic heterocycles. The second-order valence-electron chi connectivity index (χ2n) is 6.54. The smallest absolute Gasteiger partial charge is 0.319 e. The fourth-order valence-electron chi connectivity index (χ4n) is 2.62. The molecule has 0 aliphatic rings. The molecule has 33 heavy (non-hydrogen) atoms. The van der Waals surface area contributed by atoms with E-state index in [1.165, 1.54) is 30.5 Å². The van der Waals surface area contributed by atoms with Crippen LogP contribution in [0.2, 0.25) is 0 Å². The van der Waals surface area contributed by atoms with E-state index in [2.05, 4.69) is 20.7 Å². The average molecular weight is 473 g/mol. The molecule has 13 heteroatoms. The fraction of sp³-hybridized carbons (Fsp3) is 0.100. The summed E-state index contributed by atoms with van der Waals surface area (Å²) in [7, 11) is -3.97. The molecule has 0 bridgehead atoms. The summed E-state index contributed by atoms with van der Waals surface area (Å²) < 4.78 is 31.7. The maximum atomic E-state index is 12.2. The van der Waals surface area contributed by atoms with Gasteiger partial charge >= 0.3 is 6.03 Å². The molecule has 2 aromatic carbocycles. The first-order valence-corrected chi connectivity index (χ1v) is 11.0. The van der Waals surface area contributed by atoms with Crippen LogP contribution in [0.1, 0.15) is 10.6 Å². The van der Waals surface area contributed by atoms with E-state index in [4.69, 9.17) is 4.42 Å². The van der Waals surface area contributed by atoms with E-state index >= 15 is 0 Å². The molecule has 3 amide bonds. The van der Waals surface area contributed by atoms with E-state index in [0.29, 0.717) is 11.4 Å². The number of nitrogens with one attached hydrogen (secondary N) is 4. The molecule has 12 nitrogen and oxygen atoms in total. The largest absolute Gasteiger partial charge is 0.459 e. The van der Waals surface area contributed by atoms with Crippen LogP contribution in [-0.4, -0.2) is 38.4 Å². The number of non-ortho nitro benzene ring substituents is 1. The Hall–Kier alpha value is -4.23. The van der Waals surface area contributed by atoms with Gasteiger partial charge in [0.1, 0.15) is 0 Å². The van der Waals surface area contributed by atoms with Gasteiger partial charge in [0.25, 0.3) is 11.6 Å². The van der Waals surface area contributed by atoms with Crippen molar-refractivity contribution in [3.63, 3.8) is 0 Å². The van der Waals surface area contributed by atoms with Gasteiger partial charge in [-0.3, -0.25) is 14.9 Å². The van der Waals surface area contributed by atoms with Crippen LogP contribution in [0.15, 0.2) is 76.2 Å². The lowest BCUT2D eigenvalue weighted by Crippen LogP contribution is -2.36. The number of nitrogens with zero attached hydrogens (tertiary/aromatic N) is 1. The van der Waals surface area contributed by atoms with Crippen molar-refractivity contribution in [2.75, 3.05) is 23.7 Å². The molecule has 0 radical (unpaired) electrons. The zero-order valence-corrected chi connectivity index (χ0v) is 17.8. The van der Waals surface area contributed by atoms with Crippen molar-refractivity contribution in [3.05, 3.63) is 82.8 Å². The Morgan fingerprint density at radius 3 is 2.27 bits per heavy atom. The van der Waals surface area contributed by atoms with Gasteiger partial charge in [0.15, 0.2) is 5.76 Å². The second kappa shape index (κ2) is 10.4. The quantitative estimate of drug-likeness (QED) is 0.210. The van der Waals surface area contributed by atoms with Crippen molar-refractivity contribution in [2.45, 2.75) is 4.90 Å². The molecule has 0 spiro atoms. The van der Waals surface area contributed by atoms with Crippen molar-refractivity contribution in [2.24, 2.45) is 0 Å². The van der Waals surface area contributed by atoms with Crippen molar-refractivity contribution in [3.8, 4) is 0 Å². The maximum absolute atomic E-state index is 12.2. The zero-order chi connectivity index (χ0) is 23.8. The highest BCUT2D eigenvalue weighted by atomic mass is 32.2. The number of hydrogen-bond acceptors (Lipinski definition) is 7. The predicted octanol–water partition coefficient (Wildman–Crippen LogP) is 2.54. The molecule has 3 aromatic rings. The minimum Gasteiger partial charge on any atom is -0.459 e. The number of furan rings is 1. The topological polar surface area (TPSA) is 173 Å². The Morgan fingerprint density at radius 2 is 1.64 bits per heavy atom. The Bertz CT molecular complexity index is 1240. The van der Waals surface area contributed by atoms with Gasteiger partial charge in [-0.15, -0.1) is 0 Å². The average Bonchev–Trinajstić information content (AvgIpc) is 3.33. The predicted molar refractivity (Wildman–Crippen MR) is 118 cm³/mol. The zero-order valence-electron chi connectivity index (χ0n) is 17.0. The molecule has 4 N–H and O–H groups in total. The summed E-state index contributed by atoms with van der Waals surface area (Å²) in [6.07, 6.45) is 1.39. The molecule has 0 saturated carbocycles. The van der Waals surface area contributed by atoms with E-state index in [1.54, 1.807) is 30.3 Å². The first-order valence-electron chi connectivity index (χ1n) is 9.48. The number of anilines is 2. The third-order valence-electron chi connectivity index (χ3n) is 4.19. The minimum atomic E-state index is -3.97. The van der Waals surface area contributed by atoms with E-state index in [-0.39, 0.29) is 29.4 Å². The number of urea groups is 1. The van der Waals surface area contributed by atoms with E-state index in [0.717, 1.165) is 6.07 Å². The summed E-state index contributed by atoms with van der Waals surface area (Å²) in [5, 5.41) is 18.5. The van der Waals surface area contributed by atoms with E-state index in [1.807, 2.05) is 0 Å². The number of carbonyl (C=O) groups is 2. The molecule has 0 saturated heterocycles. The summed E-state index contributed by atoms with van der Waals surface area (Å²) in [4.78, 5) is 33.8. The number of benzene rings is 2. The van der Waals surface area contributed by atoms with E-state index in [9.17, 15) is 28.1 Å². The van der Waals surface area contributed by atoms with Crippen molar-refractivity contribution in [1.29, 1.82) is 0 Å². The fourth-order valence-corrected chi connectivity index (χ4v) is 3.69. The lowest BCUT2D eigenvalue weighted by atomic mass is 10.2. The van der Waals surface area contributed by atoms with Crippen LogP contribution in [0.3, 0.4) is 0 Å². The molecule has 0 unspecified atom stereocenters. The number of sulfonamides is 1. The normalized spacial score (nSPS) is 10.9. The van der Waals surface area contributed by atoms with Gasteiger partial charge in [-0.1, -0.05) is 6.07 Å². The summed E-state index contributed by atoms with van der Waals surface area (Å²) in [5.74, 6) is -0.247. The standard InChI is InChI=1S/C20H19N5O7S/c26-19(18-5-2-12-32-18)23-14-6-8-15(9-7-14)24-20(27)21-10-11-22-33(30,31)17-4-1-3-16(13-17)25(28)29/h1-9,12-13,22H,10-11H2,(H,23,26)(H2,21,24,27). The molecule has 3 rings (SSSR count). The van der Waals surface area contributed by atoms with Crippen molar-refractivity contribution >= 4 is 39.0 Å². The van der Waals surface area contributed by atoms with Crippen LogP contribution in [0.5, 0.6) is 0 Å². The second-order valence-corrected chi connectivity index (χ2v) is 8.31. The minimum absolute atomic E-state index is 0.0305. The maximum Gasteiger partial charge on any atom is 0.319 e. The molecule has 0 aliphatic carbocycles. The number of nitro groups is 1. The number of amides is 3. The highest BCUT2D eigenvalue weighted by Crippen LogP contribution is 2.17. The molecule has 1 aromatic heterocycles. The third kappa shape index (κ3) is 6.62. The molecule has 0 atom stereocenters. The monoisotopic (exact) mass is 473 g/mol. The van der Waals surface area contributed by atoms with Crippen LogP contribution in [0.4, 0.5) is 21.9 Å². The van der Waals surface area contributed by atoms with Gasteiger partial charge in [0, 0.05) is 36.6 Å². The van der Waals surface area contributed by atoms with Gasteiger partial charge in [-0.05, 0) is 42.5 Å². The molecular formula is C20H19N5O7S. The number of nitro benzene ring substituents is 1. The summed E-state index contributed by atoms with van der Waals surface area (Å²) in [6.45, 7) is -0.159. The Balaban J connectivity index is 1.43. The third-order valence-corrected chi connectivity index (χ3v) is 5.65. The van der Waals surface area contributed by atoms with Gasteiger partial charge in [-0.25, -0.2) is 17.9 Å². The van der Waals surface area contributed by atoms with Crippen molar-refractivity contribution < 1.29 is 27.3 Å². The molecular weight excluding hydrogens is 454 g/mol. The van der Waals surface area contributed by atoms with Crippen LogP contribution < -0.4 is 20.7 Å². The highest BCUT2D eigenvalue weighted by molar-refractivity contribution is 7.89. The lowest BCUT2D eigenvalue weighted by molar-refractivity contribution is -0.385. The first-order chi connectivity index (χ1) is 15.7. The van der Waals surface area contributed by atoms with Gasteiger partial charge in [-0.2, -0.15) is 0 Å². The Kier molecular flexibility index (Phi) is 7.38. The highest BCUT2D eigenvalue weighted by Gasteiger charge is 2.17. The molecule has 172 valence electrons. The van der Waals surface area contributed by atoms with Crippen LogP contribution in [0.25, 0.3) is 0 Å². The SMILES string of the molecule is O=C(NCCNS(=O)(=O)c1cccc([N+](=O)[O-])c1)Nc1ccc(NC(=O)c2ccco2)cc1. The van der Waals surface area contributed by atoms with Gasteiger partial charge in [0.05, 0.1) is 16.1 Å². The van der Waals surface area contributed by atoms with Crippen LogP contribution in [0, 0.1) is 10.1 Å². The van der Waals surface area contributed by atoms with E-state index < -0.39 is 26.9 Å². The number of hydrogen-bond donors (Lipinski definition) is 4. The molecule has 1 heterocycles. The molecule has 0 fully saturated rings. The lowest BCUT2D eigenvalue weighted by Gasteiger charge is -2.10. The number of rotatable bonds is 9. The number of carbonyl (C=O) groups excluding carboxylic acids is 2. The summed E-state index contributed by atoms with van der Waals surface area (Å²) >= 11 is 0.